The molecular weight excluding hydrogens is 242 g/mol. The number of phenolic OH excluding ortho intramolecular Hbond substituents is 1. The van der Waals surface area contributed by atoms with Gasteiger partial charge < -0.3 is 15.4 Å². The summed E-state index contributed by atoms with van der Waals surface area (Å²) in [6.07, 6.45) is 3.27. The maximum atomic E-state index is 11.7. The van der Waals surface area contributed by atoms with Gasteiger partial charge in [0.1, 0.15) is 11.6 Å². The van der Waals surface area contributed by atoms with Crippen LogP contribution in [-0.2, 0) is 6.54 Å². The molecule has 0 aliphatic rings. The van der Waals surface area contributed by atoms with Gasteiger partial charge in [-0.2, -0.15) is 0 Å². The molecule has 2 aromatic rings. The van der Waals surface area contributed by atoms with Crippen molar-refractivity contribution in [2.75, 3.05) is 0 Å². The lowest BCUT2D eigenvalue weighted by molar-refractivity contribution is 0.0947. The topological polar surface area (TPSA) is 78.0 Å². The first-order chi connectivity index (χ1) is 8.16. The number of aromatic nitrogens is 2. The number of rotatable bonds is 3. The van der Waals surface area contributed by atoms with E-state index < -0.39 is 0 Å². The molecule has 3 N–H and O–H groups in total. The Labute approximate surface area is 102 Å². The summed E-state index contributed by atoms with van der Waals surface area (Å²) >= 11 is 5.67. The smallest absolute Gasteiger partial charge is 0.255 e. The second-order valence-electron chi connectivity index (χ2n) is 3.38. The number of carbonyl (C=O) groups excluding carboxylic acids is 1. The highest BCUT2D eigenvalue weighted by Gasteiger charge is 2.11. The van der Waals surface area contributed by atoms with E-state index in [1.165, 1.54) is 12.1 Å². The van der Waals surface area contributed by atoms with E-state index in [-0.39, 0.29) is 23.8 Å². The van der Waals surface area contributed by atoms with Crippen molar-refractivity contribution >= 4 is 17.5 Å². The van der Waals surface area contributed by atoms with Crippen LogP contribution in [0.5, 0.6) is 5.75 Å². The van der Waals surface area contributed by atoms with E-state index in [2.05, 4.69) is 15.3 Å². The number of benzene rings is 1. The zero-order chi connectivity index (χ0) is 12.3. The summed E-state index contributed by atoms with van der Waals surface area (Å²) in [6.45, 7) is 0.272. The van der Waals surface area contributed by atoms with E-state index in [1.807, 2.05) is 0 Å². The Balaban J connectivity index is 2.04. The fourth-order valence-corrected chi connectivity index (χ4v) is 1.52. The number of aromatic hydroxyl groups is 1. The van der Waals surface area contributed by atoms with Gasteiger partial charge in [0, 0.05) is 17.4 Å². The number of aromatic amines is 1. The molecule has 1 heterocycles. The number of hydrogen-bond donors (Lipinski definition) is 3. The summed E-state index contributed by atoms with van der Waals surface area (Å²) in [5.74, 6) is 0.122. The molecule has 6 heteroatoms. The molecule has 1 aromatic heterocycles. The third-order valence-electron chi connectivity index (χ3n) is 2.18. The second-order valence-corrected chi connectivity index (χ2v) is 3.82. The van der Waals surface area contributed by atoms with Crippen molar-refractivity contribution in [1.29, 1.82) is 0 Å². The predicted molar refractivity (Wildman–Crippen MR) is 62.9 cm³/mol. The first-order valence-corrected chi connectivity index (χ1v) is 5.29. The van der Waals surface area contributed by atoms with Gasteiger partial charge in [-0.3, -0.25) is 4.79 Å². The molecule has 0 bridgehead atoms. The van der Waals surface area contributed by atoms with Crippen molar-refractivity contribution in [3.8, 4) is 5.75 Å². The Morgan fingerprint density at radius 3 is 3.00 bits per heavy atom. The third kappa shape index (κ3) is 2.76. The van der Waals surface area contributed by atoms with Gasteiger partial charge >= 0.3 is 0 Å². The summed E-state index contributed by atoms with van der Waals surface area (Å²) < 4.78 is 0. The van der Waals surface area contributed by atoms with Crippen molar-refractivity contribution in [3.05, 3.63) is 47.0 Å². The average molecular weight is 252 g/mol. The molecule has 0 saturated carbocycles. The molecule has 17 heavy (non-hydrogen) atoms. The fourth-order valence-electron chi connectivity index (χ4n) is 1.35. The molecule has 0 spiro atoms. The van der Waals surface area contributed by atoms with Gasteiger partial charge in [0.05, 0.1) is 12.1 Å². The lowest BCUT2D eigenvalue weighted by Gasteiger charge is -2.05. The maximum Gasteiger partial charge on any atom is 0.255 e. The molecule has 1 aromatic carbocycles. The molecule has 0 fully saturated rings. The van der Waals surface area contributed by atoms with Crippen molar-refractivity contribution in [2.24, 2.45) is 0 Å². The van der Waals surface area contributed by atoms with Gasteiger partial charge in [0.25, 0.3) is 5.91 Å². The van der Waals surface area contributed by atoms with Crippen LogP contribution in [-0.4, -0.2) is 21.0 Å². The highest BCUT2D eigenvalue weighted by atomic mass is 35.5. The zero-order valence-electron chi connectivity index (χ0n) is 8.77. The number of amides is 1. The van der Waals surface area contributed by atoms with E-state index >= 15 is 0 Å². The van der Waals surface area contributed by atoms with Crippen LogP contribution in [0.1, 0.15) is 16.2 Å². The normalized spacial score (nSPS) is 10.2. The molecule has 0 aliphatic carbocycles. The van der Waals surface area contributed by atoms with Crippen LogP contribution < -0.4 is 5.32 Å². The minimum Gasteiger partial charge on any atom is -0.507 e. The van der Waals surface area contributed by atoms with Crippen molar-refractivity contribution in [1.82, 2.24) is 15.3 Å². The maximum absolute atomic E-state index is 11.7. The Morgan fingerprint density at radius 2 is 2.35 bits per heavy atom. The van der Waals surface area contributed by atoms with E-state index in [4.69, 9.17) is 11.6 Å². The Kier molecular flexibility index (Phi) is 3.30. The van der Waals surface area contributed by atoms with Crippen molar-refractivity contribution in [2.45, 2.75) is 6.54 Å². The minimum atomic E-state index is -0.379. The number of nitrogens with one attached hydrogen (secondary N) is 2. The summed E-state index contributed by atoms with van der Waals surface area (Å²) in [4.78, 5) is 18.5. The molecule has 0 radical (unpaired) electrons. The minimum absolute atomic E-state index is 0.144. The lowest BCUT2D eigenvalue weighted by Crippen LogP contribution is -2.23. The molecule has 0 atom stereocenters. The summed E-state index contributed by atoms with van der Waals surface area (Å²) in [7, 11) is 0. The quantitative estimate of drug-likeness (QED) is 0.777. The molecule has 0 aliphatic heterocycles. The van der Waals surface area contributed by atoms with Gasteiger partial charge in [0.15, 0.2) is 0 Å². The number of nitrogens with zero attached hydrogens (tertiary/aromatic N) is 1. The largest absolute Gasteiger partial charge is 0.507 e. The predicted octanol–water partition coefficient (Wildman–Crippen LogP) is 1.70. The highest BCUT2D eigenvalue weighted by molar-refractivity contribution is 6.30. The van der Waals surface area contributed by atoms with Crippen LogP contribution in [0.15, 0.2) is 30.6 Å². The van der Waals surface area contributed by atoms with E-state index in [9.17, 15) is 9.90 Å². The summed E-state index contributed by atoms with van der Waals surface area (Å²) in [5.41, 5.74) is 0.181. The summed E-state index contributed by atoms with van der Waals surface area (Å²) in [6, 6.07) is 4.33. The van der Waals surface area contributed by atoms with Crippen LogP contribution >= 0.6 is 11.6 Å². The molecule has 2 rings (SSSR count). The lowest BCUT2D eigenvalue weighted by atomic mass is 10.2. The SMILES string of the molecule is O=C(NCc1ncc[nH]1)c1ccc(Cl)cc1O. The first kappa shape index (κ1) is 11.5. The Morgan fingerprint density at radius 1 is 1.53 bits per heavy atom. The number of hydrogen-bond acceptors (Lipinski definition) is 3. The van der Waals surface area contributed by atoms with Crippen molar-refractivity contribution < 1.29 is 9.90 Å². The molecular formula is C11H10ClN3O2. The van der Waals surface area contributed by atoms with E-state index in [1.54, 1.807) is 18.5 Å². The van der Waals surface area contributed by atoms with Gasteiger partial charge in [0.2, 0.25) is 0 Å². The molecule has 0 unspecified atom stereocenters. The summed E-state index contributed by atoms with van der Waals surface area (Å²) in [5, 5.41) is 12.6. The number of carbonyl (C=O) groups is 1. The van der Waals surface area contributed by atoms with Crippen LogP contribution in [0.25, 0.3) is 0 Å². The van der Waals surface area contributed by atoms with Crippen LogP contribution in [0.2, 0.25) is 5.02 Å². The highest BCUT2D eigenvalue weighted by Crippen LogP contribution is 2.21. The standard InChI is InChI=1S/C11H10ClN3O2/c12-7-1-2-8(9(16)5-7)11(17)15-6-10-13-3-4-14-10/h1-5,16H,6H2,(H,13,14)(H,15,17). The number of halogens is 1. The van der Waals surface area contributed by atoms with Gasteiger partial charge in [-0.25, -0.2) is 4.98 Å². The average Bonchev–Trinajstić information content (AvgIpc) is 2.78. The third-order valence-corrected chi connectivity index (χ3v) is 2.41. The molecule has 0 saturated heterocycles. The van der Waals surface area contributed by atoms with Gasteiger partial charge in [-0.1, -0.05) is 11.6 Å². The van der Waals surface area contributed by atoms with Crippen molar-refractivity contribution in [3.63, 3.8) is 0 Å². The number of phenols is 1. The fraction of sp³-hybridized carbons (Fsp3) is 0.0909. The van der Waals surface area contributed by atoms with Gasteiger partial charge in [-0.15, -0.1) is 0 Å². The molecule has 1 amide bonds. The molecule has 5 nitrogen and oxygen atoms in total. The first-order valence-electron chi connectivity index (χ1n) is 4.92. The van der Waals surface area contributed by atoms with Crippen LogP contribution in [0.3, 0.4) is 0 Å². The molecule has 88 valence electrons. The van der Waals surface area contributed by atoms with E-state index in [0.717, 1.165) is 0 Å². The Bertz CT molecular complexity index is 526. The van der Waals surface area contributed by atoms with Crippen LogP contribution in [0.4, 0.5) is 0 Å². The second kappa shape index (κ2) is 4.88. The Hall–Kier alpha value is -2.01. The number of H-pyrrole nitrogens is 1. The monoisotopic (exact) mass is 251 g/mol. The zero-order valence-corrected chi connectivity index (χ0v) is 9.53. The van der Waals surface area contributed by atoms with Crippen LogP contribution in [0, 0.1) is 0 Å². The van der Waals surface area contributed by atoms with E-state index in [0.29, 0.717) is 10.8 Å². The number of imidazole rings is 1. The van der Waals surface area contributed by atoms with Gasteiger partial charge in [-0.05, 0) is 18.2 Å².